The first kappa shape index (κ1) is 18.8. The average molecular weight is 343 g/mol. The fraction of sp³-hybridized carbons (Fsp3) is 0.350. The van der Waals surface area contributed by atoms with Crippen LogP contribution in [-0.2, 0) is 16.4 Å². The molecule has 0 aliphatic rings. The van der Waals surface area contributed by atoms with Crippen LogP contribution < -0.4 is 10.1 Å². The molecule has 134 valence electrons. The van der Waals surface area contributed by atoms with Crippen LogP contribution >= 0.6 is 0 Å². The van der Waals surface area contributed by atoms with E-state index in [-0.39, 0.29) is 5.54 Å². The van der Waals surface area contributed by atoms with Crippen molar-refractivity contribution in [1.82, 2.24) is 5.32 Å². The van der Waals surface area contributed by atoms with Gasteiger partial charge in [0.25, 0.3) is 0 Å². The summed E-state index contributed by atoms with van der Waals surface area (Å²) < 4.78 is 5.80. The lowest BCUT2D eigenvalue weighted by molar-refractivity contribution is -0.272. The molecule has 0 radical (unpaired) electrons. The Hall–Kier alpha value is -2.53. The van der Waals surface area contributed by atoms with Gasteiger partial charge in [0.15, 0.2) is 0 Å². The van der Waals surface area contributed by atoms with Crippen LogP contribution in [0.1, 0.15) is 44.9 Å². The number of carbonyl (C=O) groups is 1. The van der Waals surface area contributed by atoms with Crippen LogP contribution in [0.25, 0.3) is 0 Å². The van der Waals surface area contributed by atoms with E-state index in [0.29, 0.717) is 6.61 Å². The molecule has 1 N–H and O–H groups in total. The second-order valence-electron chi connectivity index (χ2n) is 6.83. The predicted octanol–water partition coefficient (Wildman–Crippen LogP) is 4.78. The molecule has 2 aromatic rings. The van der Waals surface area contributed by atoms with Crippen molar-refractivity contribution < 1.29 is 19.3 Å². The number of ether oxygens (including phenoxy) is 1. The number of benzene rings is 2. The molecule has 0 aliphatic heterocycles. The van der Waals surface area contributed by atoms with Crippen LogP contribution in [0.3, 0.4) is 0 Å². The van der Waals surface area contributed by atoms with Crippen LogP contribution in [0, 0.1) is 0 Å². The summed E-state index contributed by atoms with van der Waals surface area (Å²) in [4.78, 5) is 21.6. The molecule has 2 aromatic carbocycles. The molecule has 0 spiro atoms. The van der Waals surface area contributed by atoms with Gasteiger partial charge in [0.05, 0.1) is 0 Å². The molecule has 0 saturated carbocycles. The Balaban J connectivity index is 1.88. The first-order chi connectivity index (χ1) is 11.8. The fourth-order valence-corrected chi connectivity index (χ4v) is 2.10. The Labute approximate surface area is 148 Å². The van der Waals surface area contributed by atoms with Gasteiger partial charge in [-0.2, -0.15) is 4.89 Å². The number of hydrogen-bond donors (Lipinski definition) is 1. The van der Waals surface area contributed by atoms with Gasteiger partial charge in [-0.3, -0.25) is 4.89 Å². The third-order valence-corrected chi connectivity index (χ3v) is 3.32. The molecule has 1 atom stereocenters. The Morgan fingerprint density at radius 3 is 2.48 bits per heavy atom. The summed E-state index contributed by atoms with van der Waals surface area (Å²) >= 11 is 0. The maximum Gasteiger partial charge on any atom is 0.439 e. The number of rotatable bonds is 6. The molecule has 1 unspecified atom stereocenters. The third kappa shape index (κ3) is 6.85. The van der Waals surface area contributed by atoms with Crippen LogP contribution in [0.5, 0.6) is 5.75 Å². The van der Waals surface area contributed by atoms with Gasteiger partial charge in [-0.25, -0.2) is 4.79 Å². The maximum atomic E-state index is 11.6. The summed E-state index contributed by atoms with van der Waals surface area (Å²) in [6, 6.07) is 17.5. The lowest BCUT2D eigenvalue weighted by atomic mass is 10.1. The zero-order valence-corrected chi connectivity index (χ0v) is 15.1. The molecular formula is C20H25NO4. The van der Waals surface area contributed by atoms with E-state index in [1.54, 1.807) is 6.92 Å². The fourth-order valence-electron chi connectivity index (χ4n) is 2.10. The van der Waals surface area contributed by atoms with Crippen LogP contribution in [-0.4, -0.2) is 11.6 Å². The minimum Gasteiger partial charge on any atom is -0.489 e. The standard InChI is InChI=1S/C20H25NO4/c1-15(24-25-19(22)21-20(2,3)4)17-11-8-12-18(13-17)23-14-16-9-6-5-7-10-16/h5-13,15H,14H2,1-4H3,(H,21,22). The Kier molecular flexibility index (Phi) is 6.42. The van der Waals surface area contributed by atoms with E-state index in [0.717, 1.165) is 16.9 Å². The van der Waals surface area contributed by atoms with E-state index in [4.69, 9.17) is 14.5 Å². The summed E-state index contributed by atoms with van der Waals surface area (Å²) in [5.41, 5.74) is 1.57. The van der Waals surface area contributed by atoms with Gasteiger partial charge in [-0.05, 0) is 51.0 Å². The molecular weight excluding hydrogens is 318 g/mol. The van der Waals surface area contributed by atoms with Crippen molar-refractivity contribution in [3.63, 3.8) is 0 Å². The summed E-state index contributed by atoms with van der Waals surface area (Å²) in [5, 5.41) is 2.66. The quantitative estimate of drug-likeness (QED) is 0.605. The van der Waals surface area contributed by atoms with Crippen molar-refractivity contribution in [2.45, 2.75) is 45.9 Å². The molecule has 0 heterocycles. The van der Waals surface area contributed by atoms with Crippen molar-refractivity contribution in [2.75, 3.05) is 0 Å². The lowest BCUT2D eigenvalue weighted by Gasteiger charge is -2.20. The van der Waals surface area contributed by atoms with Gasteiger partial charge in [-0.1, -0.05) is 42.5 Å². The third-order valence-electron chi connectivity index (χ3n) is 3.32. The van der Waals surface area contributed by atoms with E-state index in [1.165, 1.54) is 0 Å². The summed E-state index contributed by atoms with van der Waals surface area (Å²) in [6.07, 6.45) is -1.03. The van der Waals surface area contributed by atoms with Crippen LogP contribution in [0.15, 0.2) is 54.6 Å². The summed E-state index contributed by atoms with van der Waals surface area (Å²) in [6.45, 7) is 7.90. The second-order valence-corrected chi connectivity index (χ2v) is 6.83. The zero-order valence-electron chi connectivity index (χ0n) is 15.1. The normalized spacial score (nSPS) is 12.3. The summed E-state index contributed by atoms with van der Waals surface area (Å²) in [7, 11) is 0. The van der Waals surface area contributed by atoms with Gasteiger partial charge in [0, 0.05) is 5.54 Å². The van der Waals surface area contributed by atoms with Crippen molar-refractivity contribution in [1.29, 1.82) is 0 Å². The SMILES string of the molecule is CC(OOC(=O)NC(C)(C)C)c1cccc(OCc2ccccc2)c1. The molecule has 25 heavy (non-hydrogen) atoms. The van der Waals surface area contributed by atoms with Gasteiger partial charge in [0.1, 0.15) is 18.5 Å². The highest BCUT2D eigenvalue weighted by Crippen LogP contribution is 2.22. The average Bonchev–Trinajstić information content (AvgIpc) is 2.57. The first-order valence-electron chi connectivity index (χ1n) is 8.26. The molecule has 0 aliphatic carbocycles. The molecule has 1 amide bonds. The topological polar surface area (TPSA) is 56.8 Å². The number of nitrogens with one attached hydrogen (secondary N) is 1. The van der Waals surface area contributed by atoms with Crippen molar-refractivity contribution in [2.24, 2.45) is 0 Å². The van der Waals surface area contributed by atoms with Crippen LogP contribution in [0.2, 0.25) is 0 Å². The zero-order chi connectivity index (χ0) is 18.3. The highest BCUT2D eigenvalue weighted by molar-refractivity contribution is 5.67. The first-order valence-corrected chi connectivity index (χ1v) is 8.26. The van der Waals surface area contributed by atoms with E-state index in [2.05, 4.69) is 5.32 Å². The molecule has 0 bridgehead atoms. The number of amides is 1. The van der Waals surface area contributed by atoms with E-state index < -0.39 is 12.2 Å². The van der Waals surface area contributed by atoms with Gasteiger partial charge >= 0.3 is 6.09 Å². The number of hydrogen-bond acceptors (Lipinski definition) is 4. The van der Waals surface area contributed by atoms with Gasteiger partial charge in [0.2, 0.25) is 0 Å². The Morgan fingerprint density at radius 1 is 1.08 bits per heavy atom. The van der Waals surface area contributed by atoms with E-state index in [9.17, 15) is 4.79 Å². The van der Waals surface area contributed by atoms with E-state index >= 15 is 0 Å². The molecule has 5 nitrogen and oxygen atoms in total. The second kappa shape index (κ2) is 8.53. The molecule has 5 heteroatoms. The Morgan fingerprint density at radius 2 is 1.80 bits per heavy atom. The molecule has 0 aromatic heterocycles. The molecule has 2 rings (SSSR count). The highest BCUT2D eigenvalue weighted by Gasteiger charge is 2.17. The Bertz CT molecular complexity index is 680. The summed E-state index contributed by atoms with van der Waals surface area (Å²) in [5.74, 6) is 0.732. The predicted molar refractivity (Wildman–Crippen MR) is 96.1 cm³/mol. The van der Waals surface area contributed by atoms with E-state index in [1.807, 2.05) is 75.4 Å². The van der Waals surface area contributed by atoms with Gasteiger partial charge < -0.3 is 10.1 Å². The molecule has 0 saturated heterocycles. The lowest BCUT2D eigenvalue weighted by Crippen LogP contribution is -2.41. The minimum absolute atomic E-state index is 0.380. The smallest absolute Gasteiger partial charge is 0.439 e. The monoisotopic (exact) mass is 343 g/mol. The van der Waals surface area contributed by atoms with Crippen LogP contribution in [0.4, 0.5) is 4.79 Å². The number of carbonyl (C=O) groups excluding carboxylic acids is 1. The largest absolute Gasteiger partial charge is 0.489 e. The minimum atomic E-state index is -0.615. The van der Waals surface area contributed by atoms with Gasteiger partial charge in [-0.15, -0.1) is 0 Å². The van der Waals surface area contributed by atoms with Crippen molar-refractivity contribution >= 4 is 6.09 Å². The van der Waals surface area contributed by atoms with Crippen molar-refractivity contribution in [3.8, 4) is 5.75 Å². The van der Waals surface area contributed by atoms with Crippen molar-refractivity contribution in [3.05, 3.63) is 65.7 Å². The molecule has 0 fully saturated rings. The maximum absolute atomic E-state index is 11.6. The highest BCUT2D eigenvalue weighted by atomic mass is 17.2.